The topological polar surface area (TPSA) is 57.5 Å². The predicted octanol–water partition coefficient (Wildman–Crippen LogP) is 2.51. The molecule has 3 nitrogen and oxygen atoms in total. The van der Waals surface area contributed by atoms with Crippen LogP contribution in [0.4, 0.5) is 8.78 Å². The predicted molar refractivity (Wildman–Crippen MR) is 49.1 cm³/mol. The lowest BCUT2D eigenvalue weighted by Gasteiger charge is -2.10. The first kappa shape index (κ1) is 11.7. The molecule has 0 radical (unpaired) electrons. The summed E-state index contributed by atoms with van der Waals surface area (Å²) >= 11 is 5.39. The van der Waals surface area contributed by atoms with E-state index in [4.69, 9.17) is 21.8 Å². The standard InChI is InChI=1S/C9H7ClF2O3/c1-3(9(14)15)4-2-5(10)8(13)7(12)6(4)11/h2-3,13H,1H3,(H,14,15). The maximum atomic E-state index is 13.2. The summed E-state index contributed by atoms with van der Waals surface area (Å²) in [4.78, 5) is 10.6. The highest BCUT2D eigenvalue weighted by atomic mass is 35.5. The molecule has 0 amide bonds. The van der Waals surface area contributed by atoms with Crippen molar-refractivity contribution in [2.75, 3.05) is 0 Å². The number of hydrogen-bond acceptors (Lipinski definition) is 2. The average Bonchev–Trinajstić information content (AvgIpc) is 2.19. The van der Waals surface area contributed by atoms with Crippen molar-refractivity contribution in [1.82, 2.24) is 0 Å². The van der Waals surface area contributed by atoms with Gasteiger partial charge in [-0.3, -0.25) is 4.79 Å². The fraction of sp³-hybridized carbons (Fsp3) is 0.222. The molecule has 1 rings (SSSR count). The van der Waals surface area contributed by atoms with E-state index in [1.54, 1.807) is 0 Å². The molecule has 0 aliphatic rings. The zero-order chi connectivity index (χ0) is 11.7. The lowest BCUT2D eigenvalue weighted by molar-refractivity contribution is -0.138. The molecule has 0 fully saturated rings. The maximum Gasteiger partial charge on any atom is 0.310 e. The minimum absolute atomic E-state index is 0.400. The van der Waals surface area contributed by atoms with Gasteiger partial charge in [-0.25, -0.2) is 4.39 Å². The molecule has 0 aliphatic carbocycles. The van der Waals surface area contributed by atoms with Gasteiger partial charge in [0.05, 0.1) is 10.9 Å². The number of rotatable bonds is 2. The Bertz CT molecular complexity index is 420. The second kappa shape index (κ2) is 4.02. The molecule has 1 aromatic carbocycles. The van der Waals surface area contributed by atoms with E-state index in [0.717, 1.165) is 6.07 Å². The SMILES string of the molecule is CC(C(=O)O)c1cc(Cl)c(O)c(F)c1F. The van der Waals surface area contributed by atoms with E-state index in [0.29, 0.717) is 0 Å². The first-order valence-electron chi connectivity index (χ1n) is 3.95. The highest BCUT2D eigenvalue weighted by Crippen LogP contribution is 2.33. The summed E-state index contributed by atoms with van der Waals surface area (Å²) in [6.07, 6.45) is 0. The van der Waals surface area contributed by atoms with Crippen LogP contribution >= 0.6 is 11.6 Å². The third-order valence-electron chi connectivity index (χ3n) is 2.00. The van der Waals surface area contributed by atoms with Gasteiger partial charge in [0.1, 0.15) is 0 Å². The van der Waals surface area contributed by atoms with Gasteiger partial charge in [-0.05, 0) is 13.0 Å². The molecular weight excluding hydrogens is 230 g/mol. The molecule has 0 aromatic heterocycles. The molecule has 1 atom stereocenters. The minimum Gasteiger partial charge on any atom is -0.504 e. The number of carboxylic acid groups (broad SMARTS) is 1. The molecule has 0 bridgehead atoms. The second-order valence-corrected chi connectivity index (χ2v) is 3.39. The highest BCUT2D eigenvalue weighted by molar-refractivity contribution is 6.32. The van der Waals surface area contributed by atoms with Crippen molar-refractivity contribution >= 4 is 17.6 Å². The first-order chi connectivity index (χ1) is 6.86. The zero-order valence-corrected chi connectivity index (χ0v) is 8.35. The van der Waals surface area contributed by atoms with E-state index in [1.165, 1.54) is 6.92 Å². The van der Waals surface area contributed by atoms with Crippen molar-refractivity contribution in [3.63, 3.8) is 0 Å². The molecule has 0 saturated heterocycles. The van der Waals surface area contributed by atoms with Gasteiger partial charge in [0.2, 0.25) is 5.82 Å². The molecule has 1 aromatic rings. The third-order valence-corrected chi connectivity index (χ3v) is 2.29. The van der Waals surface area contributed by atoms with Crippen molar-refractivity contribution in [1.29, 1.82) is 0 Å². The monoisotopic (exact) mass is 236 g/mol. The number of halogens is 3. The molecule has 82 valence electrons. The van der Waals surface area contributed by atoms with Gasteiger partial charge in [-0.2, -0.15) is 4.39 Å². The largest absolute Gasteiger partial charge is 0.504 e. The van der Waals surface area contributed by atoms with E-state index < -0.39 is 39.9 Å². The lowest BCUT2D eigenvalue weighted by Crippen LogP contribution is -2.10. The number of phenolic OH excluding ortho intramolecular Hbond substituents is 1. The Morgan fingerprint density at radius 3 is 2.47 bits per heavy atom. The van der Waals surface area contributed by atoms with Crippen LogP contribution in [0, 0.1) is 11.6 Å². The number of hydrogen-bond donors (Lipinski definition) is 2. The molecule has 1 unspecified atom stereocenters. The normalized spacial score (nSPS) is 12.5. The Labute approximate surface area is 88.9 Å². The quantitative estimate of drug-likeness (QED) is 0.776. The molecule has 6 heteroatoms. The van der Waals surface area contributed by atoms with Gasteiger partial charge in [0.15, 0.2) is 11.6 Å². The third kappa shape index (κ3) is 2.02. The molecule has 0 saturated carbocycles. The van der Waals surface area contributed by atoms with Crippen LogP contribution in [0.3, 0.4) is 0 Å². The summed E-state index contributed by atoms with van der Waals surface area (Å²) in [6, 6.07) is 0.897. The number of aromatic hydroxyl groups is 1. The fourth-order valence-electron chi connectivity index (χ4n) is 1.05. The molecule has 0 aliphatic heterocycles. The summed E-state index contributed by atoms with van der Waals surface area (Å²) in [7, 11) is 0. The number of aliphatic carboxylic acids is 1. The number of phenols is 1. The first-order valence-corrected chi connectivity index (χ1v) is 4.33. The van der Waals surface area contributed by atoms with Crippen molar-refractivity contribution in [2.24, 2.45) is 0 Å². The highest BCUT2D eigenvalue weighted by Gasteiger charge is 2.24. The van der Waals surface area contributed by atoms with E-state index in [-0.39, 0.29) is 0 Å². The van der Waals surface area contributed by atoms with E-state index >= 15 is 0 Å². The van der Waals surface area contributed by atoms with E-state index in [2.05, 4.69) is 0 Å². The van der Waals surface area contributed by atoms with Crippen LogP contribution in [0.2, 0.25) is 5.02 Å². The molecule has 2 N–H and O–H groups in total. The van der Waals surface area contributed by atoms with Gasteiger partial charge in [-0.1, -0.05) is 11.6 Å². The zero-order valence-electron chi connectivity index (χ0n) is 7.59. The van der Waals surface area contributed by atoms with Gasteiger partial charge in [-0.15, -0.1) is 0 Å². The van der Waals surface area contributed by atoms with E-state index in [1.807, 2.05) is 0 Å². The Morgan fingerprint density at radius 1 is 1.47 bits per heavy atom. The average molecular weight is 237 g/mol. The van der Waals surface area contributed by atoms with Crippen LogP contribution in [0.1, 0.15) is 18.4 Å². The van der Waals surface area contributed by atoms with Crippen LogP contribution in [0.15, 0.2) is 6.07 Å². The van der Waals surface area contributed by atoms with Gasteiger partial charge < -0.3 is 10.2 Å². The summed E-state index contributed by atoms with van der Waals surface area (Å²) in [5, 5.41) is 17.1. The maximum absolute atomic E-state index is 13.2. The van der Waals surface area contributed by atoms with E-state index in [9.17, 15) is 13.6 Å². The molecule has 0 heterocycles. The Morgan fingerprint density at radius 2 is 2.00 bits per heavy atom. The summed E-state index contributed by atoms with van der Waals surface area (Å²) in [5.41, 5.74) is -0.400. The smallest absolute Gasteiger partial charge is 0.310 e. The lowest BCUT2D eigenvalue weighted by atomic mass is 10.0. The summed E-state index contributed by atoms with van der Waals surface area (Å²) < 4.78 is 26.2. The van der Waals surface area contributed by atoms with Crippen LogP contribution < -0.4 is 0 Å². The molecule has 15 heavy (non-hydrogen) atoms. The van der Waals surface area contributed by atoms with Crippen molar-refractivity contribution in [2.45, 2.75) is 12.8 Å². The van der Waals surface area contributed by atoms with Crippen LogP contribution in [-0.4, -0.2) is 16.2 Å². The van der Waals surface area contributed by atoms with Crippen molar-refractivity contribution < 1.29 is 23.8 Å². The van der Waals surface area contributed by atoms with Crippen LogP contribution in [0.5, 0.6) is 5.75 Å². The number of carboxylic acids is 1. The number of carbonyl (C=O) groups is 1. The van der Waals surface area contributed by atoms with Crippen LogP contribution in [0.25, 0.3) is 0 Å². The van der Waals surface area contributed by atoms with Gasteiger partial charge >= 0.3 is 5.97 Å². The Kier molecular flexibility index (Phi) is 3.14. The minimum atomic E-state index is -1.54. The molecule has 0 spiro atoms. The van der Waals surface area contributed by atoms with Crippen molar-refractivity contribution in [3.05, 3.63) is 28.3 Å². The number of benzene rings is 1. The van der Waals surface area contributed by atoms with Gasteiger partial charge in [0, 0.05) is 5.56 Å². The van der Waals surface area contributed by atoms with Crippen LogP contribution in [-0.2, 0) is 4.79 Å². The Hall–Kier alpha value is -1.36. The summed E-state index contributed by atoms with van der Waals surface area (Å²) in [6.45, 7) is 1.19. The fourth-order valence-corrected chi connectivity index (χ4v) is 1.25. The summed E-state index contributed by atoms with van der Waals surface area (Å²) in [5.74, 6) is -6.50. The second-order valence-electron chi connectivity index (χ2n) is 2.98. The molecular formula is C9H7ClF2O3. The van der Waals surface area contributed by atoms with Crippen molar-refractivity contribution in [3.8, 4) is 5.75 Å². The Balaban J connectivity index is 3.38. The van der Waals surface area contributed by atoms with Gasteiger partial charge in [0.25, 0.3) is 0 Å².